The van der Waals surface area contributed by atoms with E-state index in [0.29, 0.717) is 40.0 Å². The molecule has 1 fully saturated rings. The number of aromatic nitrogens is 8. The van der Waals surface area contributed by atoms with Gasteiger partial charge in [-0.25, -0.2) is 19.9 Å². The van der Waals surface area contributed by atoms with Crippen LogP contribution in [0.5, 0.6) is 11.8 Å². The van der Waals surface area contributed by atoms with Gasteiger partial charge in [-0.05, 0) is 18.4 Å². The lowest BCUT2D eigenvalue weighted by Crippen LogP contribution is -2.05. The zero-order valence-electron chi connectivity index (χ0n) is 22.0. The molecule has 41 heavy (non-hydrogen) atoms. The fourth-order valence-electron chi connectivity index (χ4n) is 4.40. The molecule has 1 aromatic carbocycles. The summed E-state index contributed by atoms with van der Waals surface area (Å²) in [6.07, 6.45) is 6.28. The van der Waals surface area contributed by atoms with E-state index >= 15 is 0 Å². The van der Waals surface area contributed by atoms with Crippen LogP contribution in [0.3, 0.4) is 0 Å². The molecule has 0 unspecified atom stereocenters. The van der Waals surface area contributed by atoms with Gasteiger partial charge in [-0.3, -0.25) is 9.97 Å². The Morgan fingerprint density at radius 1 is 0.951 bits per heavy atom. The predicted octanol–water partition coefficient (Wildman–Crippen LogP) is 5.27. The molecule has 13 heteroatoms. The Balaban J connectivity index is 1.31. The summed E-state index contributed by atoms with van der Waals surface area (Å²) >= 11 is 0. The highest BCUT2D eigenvalue weighted by molar-refractivity contribution is 5.70. The lowest BCUT2D eigenvalue weighted by Gasteiger charge is -2.14. The van der Waals surface area contributed by atoms with E-state index in [-0.39, 0.29) is 18.3 Å². The molecular formula is C28H23F3N8O2. The van der Waals surface area contributed by atoms with E-state index in [2.05, 4.69) is 29.9 Å². The minimum absolute atomic E-state index is 0.121. The van der Waals surface area contributed by atoms with Gasteiger partial charge in [0.15, 0.2) is 11.5 Å². The minimum atomic E-state index is -4.52. The molecule has 0 spiro atoms. The molecule has 6 rings (SSSR count). The van der Waals surface area contributed by atoms with Crippen LogP contribution < -0.4 is 9.47 Å². The highest BCUT2D eigenvalue weighted by Gasteiger charge is 2.34. The first kappa shape index (κ1) is 26.3. The van der Waals surface area contributed by atoms with Gasteiger partial charge < -0.3 is 14.0 Å². The molecule has 0 bridgehead atoms. The second-order valence-corrected chi connectivity index (χ2v) is 9.46. The van der Waals surface area contributed by atoms with Gasteiger partial charge in [0.1, 0.15) is 24.3 Å². The van der Waals surface area contributed by atoms with Crippen molar-refractivity contribution in [1.29, 1.82) is 0 Å². The summed E-state index contributed by atoms with van der Waals surface area (Å²) in [6.45, 7) is 0.121. The normalized spacial score (nSPS) is 13.3. The molecule has 10 nitrogen and oxygen atoms in total. The highest BCUT2D eigenvalue weighted by Crippen LogP contribution is 2.45. The third kappa shape index (κ3) is 5.42. The molecule has 0 atom stereocenters. The Kier molecular flexibility index (Phi) is 6.77. The van der Waals surface area contributed by atoms with Crippen LogP contribution in [-0.4, -0.2) is 46.6 Å². The van der Waals surface area contributed by atoms with Gasteiger partial charge in [-0.1, -0.05) is 24.3 Å². The van der Waals surface area contributed by atoms with Gasteiger partial charge in [0.25, 0.3) is 0 Å². The zero-order valence-corrected chi connectivity index (χ0v) is 22.0. The van der Waals surface area contributed by atoms with Gasteiger partial charge in [0.2, 0.25) is 11.8 Å². The van der Waals surface area contributed by atoms with E-state index < -0.39 is 11.9 Å². The first-order valence-electron chi connectivity index (χ1n) is 12.7. The van der Waals surface area contributed by atoms with E-state index in [1.165, 1.54) is 25.1 Å². The minimum Gasteiger partial charge on any atom is -0.480 e. The van der Waals surface area contributed by atoms with E-state index in [4.69, 9.17) is 14.5 Å². The average molecular weight is 561 g/mol. The van der Waals surface area contributed by atoms with Crippen molar-refractivity contribution in [1.82, 2.24) is 39.5 Å². The molecule has 1 saturated carbocycles. The van der Waals surface area contributed by atoms with Crippen LogP contribution in [0.15, 0.2) is 61.6 Å². The first-order chi connectivity index (χ1) is 19.8. The standard InChI is InChI=1S/C28H23F3N8O2/c1-39-13-21(28(29,30)31)37-25(39)18-5-3-16(4-6-18)14-41-26-19(20-12-32-9-10-33-20)11-34-24(38-26)22-23(17-7-8-17)35-15-36-27(22)40-2/h3-6,9-13,15,17H,7-8,14H2,1-2H3. The maximum absolute atomic E-state index is 13.1. The van der Waals surface area contributed by atoms with Crippen LogP contribution in [-0.2, 0) is 19.8 Å². The largest absolute Gasteiger partial charge is 0.480 e. The predicted molar refractivity (Wildman–Crippen MR) is 141 cm³/mol. The molecule has 1 aliphatic rings. The number of ether oxygens (including phenoxy) is 2. The molecule has 0 radical (unpaired) electrons. The number of methoxy groups -OCH3 is 1. The number of hydrogen-bond donors (Lipinski definition) is 0. The van der Waals surface area contributed by atoms with Crippen molar-refractivity contribution in [2.24, 2.45) is 7.05 Å². The number of halogens is 3. The molecular weight excluding hydrogens is 537 g/mol. The van der Waals surface area contributed by atoms with Crippen molar-refractivity contribution >= 4 is 0 Å². The quantitative estimate of drug-likeness (QED) is 0.250. The lowest BCUT2D eigenvalue weighted by molar-refractivity contribution is -0.140. The van der Waals surface area contributed by atoms with E-state index in [1.54, 1.807) is 49.1 Å². The van der Waals surface area contributed by atoms with Crippen LogP contribution in [0, 0.1) is 0 Å². The number of alkyl halides is 3. The third-order valence-electron chi connectivity index (χ3n) is 6.57. The van der Waals surface area contributed by atoms with Crippen LogP contribution in [0.2, 0.25) is 0 Å². The Labute approximate surface area is 232 Å². The van der Waals surface area contributed by atoms with Crippen molar-refractivity contribution in [3.8, 4) is 45.8 Å². The first-order valence-corrected chi connectivity index (χ1v) is 12.7. The molecule has 1 aliphatic carbocycles. The van der Waals surface area contributed by atoms with Crippen LogP contribution >= 0.6 is 0 Å². The Morgan fingerprint density at radius 2 is 1.76 bits per heavy atom. The monoisotopic (exact) mass is 560 g/mol. The molecule has 0 saturated heterocycles. The molecule has 5 aromatic rings. The number of rotatable bonds is 8. The summed E-state index contributed by atoms with van der Waals surface area (Å²) in [5.41, 5.74) is 2.88. The summed E-state index contributed by atoms with van der Waals surface area (Å²) in [7, 11) is 3.06. The number of imidazole rings is 1. The van der Waals surface area contributed by atoms with Gasteiger partial charge in [-0.15, -0.1) is 0 Å². The van der Waals surface area contributed by atoms with Gasteiger partial charge in [-0.2, -0.15) is 18.2 Å². The maximum atomic E-state index is 13.1. The SMILES string of the molecule is COc1ncnc(C2CC2)c1-c1ncc(-c2cnccn2)c(OCc2ccc(-c3nc(C(F)(F)F)cn3C)cc2)n1. The van der Waals surface area contributed by atoms with Crippen molar-refractivity contribution in [3.05, 3.63) is 78.5 Å². The van der Waals surface area contributed by atoms with Crippen molar-refractivity contribution in [2.45, 2.75) is 31.5 Å². The second-order valence-electron chi connectivity index (χ2n) is 9.46. The maximum Gasteiger partial charge on any atom is 0.434 e. The van der Waals surface area contributed by atoms with Crippen molar-refractivity contribution in [2.75, 3.05) is 7.11 Å². The Bertz CT molecular complexity index is 1690. The number of hydrogen-bond acceptors (Lipinski definition) is 9. The Hall–Kier alpha value is -4.94. The molecule has 4 aromatic heterocycles. The van der Waals surface area contributed by atoms with Crippen molar-refractivity contribution in [3.63, 3.8) is 0 Å². The summed E-state index contributed by atoms with van der Waals surface area (Å²) < 4.78 is 52.3. The number of nitrogens with zero attached hydrogens (tertiary/aromatic N) is 8. The molecule has 0 amide bonds. The van der Waals surface area contributed by atoms with Gasteiger partial charge in [0, 0.05) is 43.3 Å². The summed E-state index contributed by atoms with van der Waals surface area (Å²) in [5.74, 6) is 1.50. The van der Waals surface area contributed by atoms with Gasteiger partial charge in [0.05, 0.1) is 30.3 Å². The summed E-state index contributed by atoms with van der Waals surface area (Å²) in [4.78, 5) is 30.3. The van der Waals surface area contributed by atoms with E-state index in [9.17, 15) is 13.2 Å². The molecule has 0 N–H and O–H groups in total. The smallest absolute Gasteiger partial charge is 0.434 e. The second kappa shape index (κ2) is 10.6. The van der Waals surface area contributed by atoms with Crippen LogP contribution in [0.25, 0.3) is 34.0 Å². The number of aryl methyl sites for hydroxylation is 1. The average Bonchev–Trinajstić information content (AvgIpc) is 3.76. The van der Waals surface area contributed by atoms with Crippen LogP contribution in [0.1, 0.15) is 35.7 Å². The third-order valence-corrected chi connectivity index (χ3v) is 6.57. The van der Waals surface area contributed by atoms with Crippen LogP contribution in [0.4, 0.5) is 13.2 Å². The molecule has 4 heterocycles. The van der Waals surface area contributed by atoms with Crippen molar-refractivity contribution < 1.29 is 22.6 Å². The fraction of sp³-hybridized carbons (Fsp3) is 0.250. The molecule has 208 valence electrons. The highest BCUT2D eigenvalue weighted by atomic mass is 19.4. The summed E-state index contributed by atoms with van der Waals surface area (Å²) in [5, 5.41) is 0. The van der Waals surface area contributed by atoms with E-state index in [1.807, 2.05) is 0 Å². The Morgan fingerprint density at radius 3 is 2.41 bits per heavy atom. The van der Waals surface area contributed by atoms with E-state index in [0.717, 1.165) is 30.3 Å². The fourth-order valence-corrected chi connectivity index (χ4v) is 4.40. The number of benzene rings is 1. The lowest BCUT2D eigenvalue weighted by atomic mass is 10.1. The van der Waals surface area contributed by atoms with Gasteiger partial charge >= 0.3 is 6.18 Å². The summed E-state index contributed by atoms with van der Waals surface area (Å²) in [6, 6.07) is 6.93. The molecule has 0 aliphatic heterocycles. The zero-order chi connectivity index (χ0) is 28.6. The topological polar surface area (TPSA) is 114 Å².